The zero-order valence-electron chi connectivity index (χ0n) is 11.6. The lowest BCUT2D eigenvalue weighted by Crippen LogP contribution is -2.48. The van der Waals surface area contributed by atoms with Gasteiger partial charge < -0.3 is 11.1 Å². The van der Waals surface area contributed by atoms with E-state index in [-0.39, 0.29) is 11.9 Å². The minimum atomic E-state index is -0.0504. The maximum atomic E-state index is 11.9. The standard InChI is InChI=1S/C13H27N3O/c1-9(2)7-15-13(17)10(3)16(4)8-11-5-12(14)6-11/h9-12H,5-8,14H2,1-4H3,(H,15,17). The summed E-state index contributed by atoms with van der Waals surface area (Å²) in [4.78, 5) is 14.0. The van der Waals surface area contributed by atoms with Crippen molar-refractivity contribution in [2.75, 3.05) is 20.1 Å². The molecule has 0 saturated heterocycles. The fourth-order valence-electron chi connectivity index (χ4n) is 2.15. The van der Waals surface area contributed by atoms with Crippen molar-refractivity contribution in [2.45, 2.75) is 45.7 Å². The third-order valence-corrected chi connectivity index (χ3v) is 3.54. The van der Waals surface area contributed by atoms with Crippen molar-refractivity contribution in [1.29, 1.82) is 0 Å². The molecule has 1 atom stereocenters. The van der Waals surface area contributed by atoms with Crippen molar-refractivity contribution in [1.82, 2.24) is 10.2 Å². The predicted octanol–water partition coefficient (Wildman–Crippen LogP) is 0.816. The zero-order valence-corrected chi connectivity index (χ0v) is 11.6. The van der Waals surface area contributed by atoms with Crippen molar-refractivity contribution >= 4 is 5.91 Å². The summed E-state index contributed by atoms with van der Waals surface area (Å²) < 4.78 is 0. The van der Waals surface area contributed by atoms with Gasteiger partial charge in [0, 0.05) is 19.1 Å². The van der Waals surface area contributed by atoms with Crippen LogP contribution in [0.1, 0.15) is 33.6 Å². The maximum absolute atomic E-state index is 11.9. The molecule has 1 saturated carbocycles. The SMILES string of the molecule is CC(C)CNC(=O)C(C)N(C)CC1CC(N)C1. The van der Waals surface area contributed by atoms with Crippen LogP contribution in [0.3, 0.4) is 0 Å². The Kier molecular flexibility index (Phi) is 5.40. The molecule has 1 rings (SSSR count). The summed E-state index contributed by atoms with van der Waals surface area (Å²) in [5.41, 5.74) is 5.76. The molecular formula is C13H27N3O. The number of nitrogens with two attached hydrogens (primary N) is 1. The summed E-state index contributed by atoms with van der Waals surface area (Å²) in [6, 6.07) is 0.337. The average molecular weight is 241 g/mol. The van der Waals surface area contributed by atoms with E-state index < -0.39 is 0 Å². The highest BCUT2D eigenvalue weighted by Crippen LogP contribution is 2.26. The minimum absolute atomic E-state index is 0.0504. The first-order chi connectivity index (χ1) is 7.90. The molecule has 100 valence electrons. The van der Waals surface area contributed by atoms with Gasteiger partial charge in [-0.2, -0.15) is 0 Å². The Labute approximate surface area is 105 Å². The second-order valence-corrected chi connectivity index (χ2v) is 5.85. The molecule has 0 aliphatic heterocycles. The first-order valence-electron chi connectivity index (χ1n) is 6.63. The number of carbonyl (C=O) groups is 1. The fourth-order valence-corrected chi connectivity index (χ4v) is 2.15. The van der Waals surface area contributed by atoms with Crippen molar-refractivity contribution < 1.29 is 4.79 Å². The molecule has 1 aliphatic rings. The Balaban J connectivity index is 2.25. The van der Waals surface area contributed by atoms with Gasteiger partial charge in [-0.05, 0) is 38.6 Å². The Hall–Kier alpha value is -0.610. The number of carbonyl (C=O) groups excluding carboxylic acids is 1. The van der Waals surface area contributed by atoms with Gasteiger partial charge in [0.05, 0.1) is 6.04 Å². The van der Waals surface area contributed by atoms with E-state index in [0.29, 0.717) is 17.9 Å². The molecule has 0 bridgehead atoms. The van der Waals surface area contributed by atoms with E-state index in [2.05, 4.69) is 24.1 Å². The lowest BCUT2D eigenvalue weighted by Gasteiger charge is -2.37. The Morgan fingerprint density at radius 3 is 2.47 bits per heavy atom. The monoisotopic (exact) mass is 241 g/mol. The van der Waals surface area contributed by atoms with Gasteiger partial charge in [0.25, 0.3) is 0 Å². The molecule has 17 heavy (non-hydrogen) atoms. The molecule has 0 radical (unpaired) electrons. The number of nitrogens with one attached hydrogen (secondary N) is 1. The van der Waals surface area contributed by atoms with Gasteiger partial charge in [0.1, 0.15) is 0 Å². The number of hydrogen-bond donors (Lipinski definition) is 2. The van der Waals surface area contributed by atoms with Gasteiger partial charge in [0.2, 0.25) is 5.91 Å². The van der Waals surface area contributed by atoms with E-state index in [9.17, 15) is 4.79 Å². The van der Waals surface area contributed by atoms with Gasteiger partial charge in [-0.1, -0.05) is 13.8 Å². The highest BCUT2D eigenvalue weighted by molar-refractivity contribution is 5.81. The van der Waals surface area contributed by atoms with E-state index in [1.807, 2.05) is 14.0 Å². The van der Waals surface area contributed by atoms with Gasteiger partial charge in [-0.3, -0.25) is 9.69 Å². The Bertz CT molecular complexity index is 249. The van der Waals surface area contributed by atoms with Crippen LogP contribution < -0.4 is 11.1 Å². The molecule has 0 spiro atoms. The normalized spacial score (nSPS) is 25.8. The molecule has 0 aromatic heterocycles. The van der Waals surface area contributed by atoms with Crippen LogP contribution in [0.2, 0.25) is 0 Å². The number of rotatable bonds is 6. The highest BCUT2D eigenvalue weighted by atomic mass is 16.2. The van der Waals surface area contributed by atoms with E-state index in [1.165, 1.54) is 0 Å². The van der Waals surface area contributed by atoms with Crippen LogP contribution in [0.25, 0.3) is 0 Å². The quantitative estimate of drug-likeness (QED) is 0.724. The second kappa shape index (κ2) is 6.36. The number of likely N-dealkylation sites (N-methyl/N-ethyl adjacent to an activating group) is 1. The lowest BCUT2D eigenvalue weighted by molar-refractivity contribution is -0.125. The van der Waals surface area contributed by atoms with Crippen LogP contribution in [0.15, 0.2) is 0 Å². The number of amides is 1. The summed E-state index contributed by atoms with van der Waals surface area (Å²) in [5, 5.41) is 2.98. The van der Waals surface area contributed by atoms with E-state index in [1.54, 1.807) is 0 Å². The highest BCUT2D eigenvalue weighted by Gasteiger charge is 2.29. The molecule has 3 N–H and O–H groups in total. The molecule has 1 aliphatic carbocycles. The molecule has 1 unspecified atom stereocenters. The average Bonchev–Trinajstić information content (AvgIpc) is 2.22. The largest absolute Gasteiger partial charge is 0.354 e. The van der Waals surface area contributed by atoms with Crippen LogP contribution in [0.5, 0.6) is 0 Å². The second-order valence-electron chi connectivity index (χ2n) is 5.85. The summed E-state index contributed by atoms with van der Waals surface area (Å²) in [7, 11) is 2.02. The Morgan fingerprint density at radius 2 is 2.00 bits per heavy atom. The van der Waals surface area contributed by atoms with Gasteiger partial charge in [-0.15, -0.1) is 0 Å². The van der Waals surface area contributed by atoms with Gasteiger partial charge in [-0.25, -0.2) is 0 Å². The van der Waals surface area contributed by atoms with E-state index >= 15 is 0 Å². The van der Waals surface area contributed by atoms with Gasteiger partial charge in [0.15, 0.2) is 0 Å². The molecule has 0 aromatic carbocycles. The van der Waals surface area contributed by atoms with Crippen molar-refractivity contribution in [3.05, 3.63) is 0 Å². The molecule has 1 amide bonds. The fraction of sp³-hybridized carbons (Fsp3) is 0.923. The summed E-state index contributed by atoms with van der Waals surface area (Å²) >= 11 is 0. The molecule has 4 nitrogen and oxygen atoms in total. The smallest absolute Gasteiger partial charge is 0.237 e. The van der Waals surface area contributed by atoms with Crippen LogP contribution >= 0.6 is 0 Å². The summed E-state index contributed by atoms with van der Waals surface area (Å²) in [5.74, 6) is 1.31. The molecule has 0 heterocycles. The molecular weight excluding hydrogens is 214 g/mol. The Morgan fingerprint density at radius 1 is 1.41 bits per heavy atom. The lowest BCUT2D eigenvalue weighted by atomic mass is 9.80. The number of hydrogen-bond acceptors (Lipinski definition) is 3. The van der Waals surface area contributed by atoms with Crippen LogP contribution in [-0.4, -0.2) is 43.0 Å². The van der Waals surface area contributed by atoms with E-state index in [4.69, 9.17) is 5.73 Å². The minimum Gasteiger partial charge on any atom is -0.354 e. The summed E-state index contributed by atoms with van der Waals surface area (Å²) in [6.07, 6.45) is 2.20. The van der Waals surface area contributed by atoms with Crippen LogP contribution in [0.4, 0.5) is 0 Å². The maximum Gasteiger partial charge on any atom is 0.237 e. The van der Waals surface area contributed by atoms with E-state index in [0.717, 1.165) is 25.9 Å². The number of nitrogens with zero attached hydrogens (tertiary/aromatic N) is 1. The van der Waals surface area contributed by atoms with Crippen LogP contribution in [0, 0.1) is 11.8 Å². The third kappa shape index (κ3) is 4.64. The molecule has 4 heteroatoms. The van der Waals surface area contributed by atoms with Crippen LogP contribution in [-0.2, 0) is 4.79 Å². The van der Waals surface area contributed by atoms with Crippen molar-refractivity contribution in [3.63, 3.8) is 0 Å². The molecule has 1 fully saturated rings. The summed E-state index contributed by atoms with van der Waals surface area (Å²) in [6.45, 7) is 7.90. The topological polar surface area (TPSA) is 58.4 Å². The third-order valence-electron chi connectivity index (χ3n) is 3.54. The zero-order chi connectivity index (χ0) is 13.0. The predicted molar refractivity (Wildman–Crippen MR) is 70.6 cm³/mol. The first-order valence-corrected chi connectivity index (χ1v) is 6.63. The van der Waals surface area contributed by atoms with Crippen molar-refractivity contribution in [2.24, 2.45) is 17.6 Å². The molecule has 0 aromatic rings. The van der Waals surface area contributed by atoms with Gasteiger partial charge >= 0.3 is 0 Å². The van der Waals surface area contributed by atoms with Crippen molar-refractivity contribution in [3.8, 4) is 0 Å². The first kappa shape index (κ1) is 14.5.